The van der Waals surface area contributed by atoms with E-state index in [0.29, 0.717) is 17.9 Å². The second-order valence-electron chi connectivity index (χ2n) is 6.30. The molecule has 0 fully saturated rings. The number of nitrogens with zero attached hydrogens (tertiary/aromatic N) is 3. The van der Waals surface area contributed by atoms with Crippen LogP contribution in [0.25, 0.3) is 5.69 Å². The van der Waals surface area contributed by atoms with Crippen molar-refractivity contribution in [3.63, 3.8) is 0 Å². The first kappa shape index (κ1) is 17.9. The average molecular weight is 351 g/mol. The van der Waals surface area contributed by atoms with Gasteiger partial charge in [-0.3, -0.25) is 4.79 Å². The van der Waals surface area contributed by atoms with E-state index < -0.39 is 0 Å². The summed E-state index contributed by atoms with van der Waals surface area (Å²) < 4.78 is 14.7. The smallest absolute Gasteiger partial charge is 0.274 e. The summed E-state index contributed by atoms with van der Waals surface area (Å²) in [6.07, 6.45) is 2.58. The Bertz CT molecular complexity index is 858. The standard InChI is InChI=1S/C21H22FN3O/c1-3-16(2)24(15-17-7-5-4-6-8-17)21(26)20-13-14-25(23-20)19-11-9-18(22)10-12-19/h4-14,16H,3,15H2,1-2H3. The number of amides is 1. The molecule has 0 aliphatic heterocycles. The van der Waals surface area contributed by atoms with E-state index in [1.165, 1.54) is 12.1 Å². The molecular weight excluding hydrogens is 329 g/mol. The largest absolute Gasteiger partial charge is 0.330 e. The zero-order valence-corrected chi connectivity index (χ0v) is 15.0. The lowest BCUT2D eigenvalue weighted by molar-refractivity contribution is 0.0665. The highest BCUT2D eigenvalue weighted by Crippen LogP contribution is 2.16. The van der Waals surface area contributed by atoms with E-state index in [9.17, 15) is 9.18 Å². The van der Waals surface area contributed by atoms with Gasteiger partial charge in [0.1, 0.15) is 5.82 Å². The molecule has 1 aromatic heterocycles. The molecule has 0 saturated heterocycles. The Morgan fingerprint density at radius 1 is 1.12 bits per heavy atom. The van der Waals surface area contributed by atoms with E-state index in [1.54, 1.807) is 29.1 Å². The monoisotopic (exact) mass is 351 g/mol. The molecule has 0 N–H and O–H groups in total. The fraction of sp³-hybridized carbons (Fsp3) is 0.238. The van der Waals surface area contributed by atoms with Crippen molar-refractivity contribution >= 4 is 5.91 Å². The van der Waals surface area contributed by atoms with Gasteiger partial charge >= 0.3 is 0 Å². The van der Waals surface area contributed by atoms with E-state index in [4.69, 9.17) is 0 Å². The van der Waals surface area contributed by atoms with Crippen molar-refractivity contribution in [3.8, 4) is 5.69 Å². The van der Waals surface area contributed by atoms with Crippen LogP contribution in [0.1, 0.15) is 36.3 Å². The van der Waals surface area contributed by atoms with Gasteiger partial charge in [-0.2, -0.15) is 5.10 Å². The van der Waals surface area contributed by atoms with Crippen LogP contribution in [0.3, 0.4) is 0 Å². The van der Waals surface area contributed by atoms with Crippen molar-refractivity contribution in [1.29, 1.82) is 0 Å². The molecular formula is C21H22FN3O. The average Bonchev–Trinajstić information content (AvgIpc) is 3.16. The lowest BCUT2D eigenvalue weighted by atomic mass is 10.1. The third kappa shape index (κ3) is 3.99. The quantitative estimate of drug-likeness (QED) is 0.658. The van der Waals surface area contributed by atoms with E-state index >= 15 is 0 Å². The van der Waals surface area contributed by atoms with Gasteiger partial charge in [0.05, 0.1) is 5.69 Å². The van der Waals surface area contributed by atoms with Crippen LogP contribution >= 0.6 is 0 Å². The summed E-state index contributed by atoms with van der Waals surface area (Å²) in [6.45, 7) is 4.64. The van der Waals surface area contributed by atoms with Gasteiger partial charge in [-0.25, -0.2) is 9.07 Å². The van der Waals surface area contributed by atoms with Gasteiger partial charge in [0, 0.05) is 18.8 Å². The van der Waals surface area contributed by atoms with Gasteiger partial charge in [-0.15, -0.1) is 0 Å². The van der Waals surface area contributed by atoms with Crippen molar-refractivity contribution in [2.24, 2.45) is 0 Å². The van der Waals surface area contributed by atoms with Crippen LogP contribution < -0.4 is 0 Å². The number of rotatable bonds is 6. The molecule has 1 atom stereocenters. The molecule has 134 valence electrons. The van der Waals surface area contributed by atoms with Gasteiger partial charge in [-0.05, 0) is 49.2 Å². The van der Waals surface area contributed by atoms with Crippen molar-refractivity contribution in [2.75, 3.05) is 0 Å². The molecule has 0 aliphatic carbocycles. The van der Waals surface area contributed by atoms with Gasteiger partial charge in [0.2, 0.25) is 0 Å². The molecule has 3 aromatic rings. The van der Waals surface area contributed by atoms with Gasteiger partial charge in [0.15, 0.2) is 5.69 Å². The zero-order chi connectivity index (χ0) is 18.5. The maximum atomic E-state index is 13.1. The molecule has 1 amide bonds. The summed E-state index contributed by atoms with van der Waals surface area (Å²) in [5, 5.41) is 4.39. The Balaban J connectivity index is 1.84. The molecule has 0 saturated carbocycles. The van der Waals surface area contributed by atoms with Crippen LogP contribution in [0.15, 0.2) is 66.9 Å². The second kappa shape index (κ2) is 7.95. The maximum absolute atomic E-state index is 13.1. The van der Waals surface area contributed by atoms with E-state index in [0.717, 1.165) is 12.0 Å². The van der Waals surface area contributed by atoms with E-state index in [-0.39, 0.29) is 17.8 Å². The Kier molecular flexibility index (Phi) is 5.46. The number of carbonyl (C=O) groups is 1. The molecule has 1 heterocycles. The molecule has 0 spiro atoms. The SMILES string of the molecule is CCC(C)N(Cc1ccccc1)C(=O)c1ccn(-c2ccc(F)cc2)n1. The number of hydrogen-bond donors (Lipinski definition) is 0. The Morgan fingerprint density at radius 3 is 2.46 bits per heavy atom. The fourth-order valence-electron chi connectivity index (χ4n) is 2.75. The van der Waals surface area contributed by atoms with Gasteiger partial charge in [0.25, 0.3) is 5.91 Å². The number of carbonyl (C=O) groups excluding carboxylic acids is 1. The van der Waals surface area contributed by atoms with Crippen LogP contribution in [0.5, 0.6) is 0 Å². The molecule has 0 aliphatic rings. The first-order valence-corrected chi connectivity index (χ1v) is 8.75. The maximum Gasteiger partial charge on any atom is 0.274 e. The fourth-order valence-corrected chi connectivity index (χ4v) is 2.75. The highest BCUT2D eigenvalue weighted by molar-refractivity contribution is 5.92. The predicted octanol–water partition coefficient (Wildman–Crippen LogP) is 4.45. The molecule has 2 aromatic carbocycles. The third-order valence-corrected chi connectivity index (χ3v) is 4.48. The molecule has 5 heteroatoms. The Morgan fingerprint density at radius 2 is 1.81 bits per heavy atom. The minimum absolute atomic E-state index is 0.0960. The van der Waals surface area contributed by atoms with Crippen LogP contribution in [0.4, 0.5) is 4.39 Å². The summed E-state index contributed by atoms with van der Waals surface area (Å²) in [6, 6.07) is 17.7. The van der Waals surface area contributed by atoms with Gasteiger partial charge < -0.3 is 4.90 Å². The lowest BCUT2D eigenvalue weighted by Gasteiger charge is -2.28. The van der Waals surface area contributed by atoms with Crippen LogP contribution in [0.2, 0.25) is 0 Å². The summed E-state index contributed by atoms with van der Waals surface area (Å²) in [7, 11) is 0. The minimum atomic E-state index is -0.303. The van der Waals surface area contributed by atoms with E-state index in [1.807, 2.05) is 42.2 Å². The highest BCUT2D eigenvalue weighted by atomic mass is 19.1. The first-order chi connectivity index (χ1) is 12.6. The number of aromatic nitrogens is 2. The van der Waals surface area contributed by atoms with Crippen LogP contribution in [-0.4, -0.2) is 26.6 Å². The second-order valence-corrected chi connectivity index (χ2v) is 6.30. The zero-order valence-electron chi connectivity index (χ0n) is 15.0. The minimum Gasteiger partial charge on any atom is -0.330 e. The van der Waals surface area contributed by atoms with E-state index in [2.05, 4.69) is 12.0 Å². The molecule has 0 bridgehead atoms. The summed E-state index contributed by atoms with van der Waals surface area (Å²) >= 11 is 0. The molecule has 1 unspecified atom stereocenters. The van der Waals surface area contributed by atoms with Crippen molar-refractivity contribution < 1.29 is 9.18 Å². The van der Waals surface area contributed by atoms with Crippen LogP contribution in [-0.2, 0) is 6.54 Å². The third-order valence-electron chi connectivity index (χ3n) is 4.48. The predicted molar refractivity (Wildman–Crippen MR) is 99.6 cm³/mol. The number of benzene rings is 2. The molecule has 26 heavy (non-hydrogen) atoms. The highest BCUT2D eigenvalue weighted by Gasteiger charge is 2.23. The summed E-state index contributed by atoms with van der Waals surface area (Å²) in [5.74, 6) is -0.410. The molecule has 4 nitrogen and oxygen atoms in total. The van der Waals surface area contributed by atoms with Crippen molar-refractivity contribution in [3.05, 3.63) is 83.9 Å². The number of halogens is 1. The Hall–Kier alpha value is -2.95. The Labute approximate surface area is 152 Å². The normalized spacial score (nSPS) is 12.0. The first-order valence-electron chi connectivity index (χ1n) is 8.75. The summed E-state index contributed by atoms with van der Waals surface area (Å²) in [4.78, 5) is 14.9. The van der Waals surface area contributed by atoms with Crippen molar-refractivity contribution in [1.82, 2.24) is 14.7 Å². The number of hydrogen-bond acceptors (Lipinski definition) is 2. The summed E-state index contributed by atoms with van der Waals surface area (Å²) in [5.41, 5.74) is 2.17. The van der Waals surface area contributed by atoms with Gasteiger partial charge in [-0.1, -0.05) is 37.3 Å². The molecule has 3 rings (SSSR count). The topological polar surface area (TPSA) is 38.1 Å². The van der Waals surface area contributed by atoms with Crippen LogP contribution in [0, 0.1) is 5.82 Å². The lowest BCUT2D eigenvalue weighted by Crippen LogP contribution is -2.38. The van der Waals surface area contributed by atoms with Crippen molar-refractivity contribution in [2.45, 2.75) is 32.9 Å². The molecule has 0 radical (unpaired) electrons.